The second-order valence-electron chi connectivity index (χ2n) is 3.30. The van der Waals surface area contributed by atoms with E-state index >= 15 is 0 Å². The van der Waals surface area contributed by atoms with Crippen LogP contribution < -0.4 is 0 Å². The standard InChI is InChI=1S/C10H10O4/c1-5-9(12)6-3-2-4-7(11)8(6)10(13)14-5/h2-5,9,11-12H,1H3/t5-,9-/m0/s1. The predicted octanol–water partition coefficient (Wildman–Crippen LogP) is 0.984. The van der Waals surface area contributed by atoms with Crippen molar-refractivity contribution in [3.63, 3.8) is 0 Å². The molecule has 2 N–H and O–H groups in total. The Balaban J connectivity index is 2.61. The van der Waals surface area contributed by atoms with E-state index in [2.05, 4.69) is 0 Å². The summed E-state index contributed by atoms with van der Waals surface area (Å²) in [4.78, 5) is 11.4. The highest BCUT2D eigenvalue weighted by atomic mass is 16.6. The maximum Gasteiger partial charge on any atom is 0.342 e. The lowest BCUT2D eigenvalue weighted by atomic mass is 9.96. The van der Waals surface area contributed by atoms with Gasteiger partial charge < -0.3 is 14.9 Å². The number of benzene rings is 1. The van der Waals surface area contributed by atoms with E-state index in [1.54, 1.807) is 19.1 Å². The molecule has 4 heteroatoms. The number of aliphatic hydroxyl groups is 1. The van der Waals surface area contributed by atoms with Gasteiger partial charge in [-0.05, 0) is 13.0 Å². The first kappa shape index (κ1) is 9.02. The number of aliphatic hydroxyl groups excluding tert-OH is 1. The minimum Gasteiger partial charge on any atom is -0.507 e. The summed E-state index contributed by atoms with van der Waals surface area (Å²) in [6.07, 6.45) is -1.44. The molecular formula is C10H10O4. The number of carbonyl (C=O) groups excluding carboxylic acids is 1. The molecule has 0 radical (unpaired) electrons. The number of rotatable bonds is 0. The normalized spacial score (nSPS) is 25.4. The second kappa shape index (κ2) is 2.99. The molecule has 0 saturated heterocycles. The maximum atomic E-state index is 11.4. The van der Waals surface area contributed by atoms with Gasteiger partial charge in [-0.3, -0.25) is 0 Å². The third-order valence-corrected chi connectivity index (χ3v) is 2.34. The van der Waals surface area contributed by atoms with Crippen molar-refractivity contribution in [1.29, 1.82) is 0 Å². The molecule has 0 aliphatic carbocycles. The van der Waals surface area contributed by atoms with Gasteiger partial charge in [-0.25, -0.2) is 4.79 Å². The van der Waals surface area contributed by atoms with Crippen LogP contribution in [0.2, 0.25) is 0 Å². The van der Waals surface area contributed by atoms with Crippen molar-refractivity contribution < 1.29 is 19.7 Å². The molecule has 1 heterocycles. The van der Waals surface area contributed by atoms with E-state index < -0.39 is 18.2 Å². The number of hydrogen-bond acceptors (Lipinski definition) is 4. The summed E-state index contributed by atoms with van der Waals surface area (Å²) in [6.45, 7) is 1.61. The predicted molar refractivity (Wildman–Crippen MR) is 47.9 cm³/mol. The summed E-state index contributed by atoms with van der Waals surface area (Å²) in [6, 6.07) is 4.59. The Kier molecular flexibility index (Phi) is 1.93. The number of carbonyl (C=O) groups is 1. The van der Waals surface area contributed by atoms with Crippen molar-refractivity contribution in [3.05, 3.63) is 29.3 Å². The molecular weight excluding hydrogens is 184 g/mol. The maximum absolute atomic E-state index is 11.4. The first-order chi connectivity index (χ1) is 6.61. The summed E-state index contributed by atoms with van der Waals surface area (Å²) in [5, 5.41) is 19.1. The van der Waals surface area contributed by atoms with Crippen LogP contribution >= 0.6 is 0 Å². The lowest BCUT2D eigenvalue weighted by molar-refractivity contribution is -0.0216. The number of fused-ring (bicyclic) bond motifs is 1. The smallest absolute Gasteiger partial charge is 0.342 e. The third kappa shape index (κ3) is 1.15. The van der Waals surface area contributed by atoms with Crippen LogP contribution in [0.4, 0.5) is 0 Å². The Morgan fingerprint density at radius 1 is 1.43 bits per heavy atom. The highest BCUT2D eigenvalue weighted by Crippen LogP contribution is 2.33. The zero-order chi connectivity index (χ0) is 10.3. The average molecular weight is 194 g/mol. The quantitative estimate of drug-likeness (QED) is 0.604. The van der Waals surface area contributed by atoms with E-state index in [1.807, 2.05) is 0 Å². The van der Waals surface area contributed by atoms with Gasteiger partial charge in [0.15, 0.2) is 0 Å². The molecule has 2 atom stereocenters. The fourth-order valence-corrected chi connectivity index (χ4v) is 1.57. The van der Waals surface area contributed by atoms with Gasteiger partial charge in [0.05, 0.1) is 0 Å². The number of esters is 1. The third-order valence-electron chi connectivity index (χ3n) is 2.34. The zero-order valence-electron chi connectivity index (χ0n) is 7.60. The van der Waals surface area contributed by atoms with Crippen molar-refractivity contribution in [2.24, 2.45) is 0 Å². The molecule has 0 amide bonds. The second-order valence-corrected chi connectivity index (χ2v) is 3.30. The SMILES string of the molecule is C[C@@H]1OC(=O)c2c(O)cccc2[C@H]1O. The summed E-state index contributed by atoms with van der Waals surface area (Å²) < 4.78 is 4.86. The Labute approximate surface area is 80.7 Å². The molecule has 0 saturated carbocycles. The zero-order valence-corrected chi connectivity index (χ0v) is 7.60. The number of cyclic esters (lactones) is 1. The first-order valence-electron chi connectivity index (χ1n) is 4.32. The Morgan fingerprint density at radius 3 is 2.86 bits per heavy atom. The Hall–Kier alpha value is -1.55. The van der Waals surface area contributed by atoms with Gasteiger partial charge >= 0.3 is 5.97 Å². The van der Waals surface area contributed by atoms with Crippen LogP contribution in [0.5, 0.6) is 5.75 Å². The highest BCUT2D eigenvalue weighted by molar-refractivity contribution is 5.95. The number of ether oxygens (including phenoxy) is 1. The van der Waals surface area contributed by atoms with Gasteiger partial charge in [-0.2, -0.15) is 0 Å². The van der Waals surface area contributed by atoms with Crippen molar-refractivity contribution in [3.8, 4) is 5.75 Å². The van der Waals surface area contributed by atoms with Crippen molar-refractivity contribution in [1.82, 2.24) is 0 Å². The van der Waals surface area contributed by atoms with Crippen LogP contribution in [0.15, 0.2) is 18.2 Å². The van der Waals surface area contributed by atoms with E-state index in [1.165, 1.54) is 6.07 Å². The molecule has 0 unspecified atom stereocenters. The lowest BCUT2D eigenvalue weighted by Crippen LogP contribution is -2.29. The molecule has 1 aromatic rings. The van der Waals surface area contributed by atoms with Gasteiger partial charge in [0.1, 0.15) is 23.5 Å². The van der Waals surface area contributed by atoms with Crippen molar-refractivity contribution in [2.45, 2.75) is 19.1 Å². The van der Waals surface area contributed by atoms with Gasteiger partial charge in [0, 0.05) is 5.56 Å². The van der Waals surface area contributed by atoms with Crippen LogP contribution in [0.1, 0.15) is 28.9 Å². The van der Waals surface area contributed by atoms with Gasteiger partial charge in [-0.1, -0.05) is 12.1 Å². The Bertz CT molecular complexity index is 386. The summed E-state index contributed by atoms with van der Waals surface area (Å²) in [7, 11) is 0. The topological polar surface area (TPSA) is 66.8 Å². The molecule has 1 aromatic carbocycles. The van der Waals surface area contributed by atoms with Crippen LogP contribution in [-0.4, -0.2) is 22.3 Å². The molecule has 0 bridgehead atoms. The minimum absolute atomic E-state index is 0.0677. The van der Waals surface area contributed by atoms with Crippen LogP contribution in [0.3, 0.4) is 0 Å². The minimum atomic E-state index is -0.866. The number of phenols is 1. The van der Waals surface area contributed by atoms with E-state index in [0.29, 0.717) is 5.56 Å². The molecule has 1 aliphatic heterocycles. The fourth-order valence-electron chi connectivity index (χ4n) is 1.57. The number of phenolic OH excluding ortho intramolecular Hbond substituents is 1. The fraction of sp³-hybridized carbons (Fsp3) is 0.300. The van der Waals surface area contributed by atoms with E-state index in [9.17, 15) is 15.0 Å². The van der Waals surface area contributed by atoms with Crippen LogP contribution in [0, 0.1) is 0 Å². The first-order valence-corrected chi connectivity index (χ1v) is 4.32. The van der Waals surface area contributed by atoms with Crippen LogP contribution in [-0.2, 0) is 4.74 Å². The van der Waals surface area contributed by atoms with Gasteiger partial charge in [-0.15, -0.1) is 0 Å². The van der Waals surface area contributed by atoms with Gasteiger partial charge in [0.2, 0.25) is 0 Å². The summed E-state index contributed by atoms with van der Waals surface area (Å²) in [5.74, 6) is -0.741. The van der Waals surface area contributed by atoms with E-state index in [0.717, 1.165) is 0 Å². The summed E-state index contributed by atoms with van der Waals surface area (Å²) >= 11 is 0. The highest BCUT2D eigenvalue weighted by Gasteiger charge is 2.33. The monoisotopic (exact) mass is 194 g/mol. The van der Waals surface area contributed by atoms with Crippen molar-refractivity contribution in [2.75, 3.05) is 0 Å². The molecule has 0 spiro atoms. The summed E-state index contributed by atoms with van der Waals surface area (Å²) in [5.41, 5.74) is 0.492. The average Bonchev–Trinajstić information content (AvgIpc) is 2.14. The number of hydrogen-bond donors (Lipinski definition) is 2. The van der Waals surface area contributed by atoms with Crippen LogP contribution in [0.25, 0.3) is 0 Å². The molecule has 0 aromatic heterocycles. The van der Waals surface area contributed by atoms with Gasteiger partial charge in [0.25, 0.3) is 0 Å². The van der Waals surface area contributed by atoms with Crippen molar-refractivity contribution >= 4 is 5.97 Å². The molecule has 74 valence electrons. The largest absolute Gasteiger partial charge is 0.507 e. The molecule has 4 nitrogen and oxygen atoms in total. The molecule has 14 heavy (non-hydrogen) atoms. The molecule has 1 aliphatic rings. The van der Waals surface area contributed by atoms with E-state index in [4.69, 9.17) is 4.74 Å². The molecule has 2 rings (SSSR count). The van der Waals surface area contributed by atoms with E-state index in [-0.39, 0.29) is 11.3 Å². The molecule has 0 fully saturated rings. The number of aromatic hydroxyl groups is 1. The Morgan fingerprint density at radius 2 is 2.14 bits per heavy atom. The lowest BCUT2D eigenvalue weighted by Gasteiger charge is -2.27.